The third-order valence-corrected chi connectivity index (χ3v) is 5.16. The van der Waals surface area contributed by atoms with Gasteiger partial charge in [0, 0.05) is 34.8 Å². The van der Waals surface area contributed by atoms with E-state index in [1.54, 1.807) is 11.3 Å². The van der Waals surface area contributed by atoms with Crippen molar-refractivity contribution in [3.63, 3.8) is 0 Å². The highest BCUT2D eigenvalue weighted by Crippen LogP contribution is 2.25. The molecule has 0 saturated heterocycles. The molecule has 1 aromatic heterocycles. The number of hydrogen-bond acceptors (Lipinski definition) is 4. The van der Waals surface area contributed by atoms with Gasteiger partial charge in [-0.2, -0.15) is 0 Å². The minimum absolute atomic E-state index is 0.177. The zero-order valence-corrected chi connectivity index (χ0v) is 13.9. The van der Waals surface area contributed by atoms with Gasteiger partial charge >= 0.3 is 6.03 Å². The Labute approximate surface area is 139 Å². The van der Waals surface area contributed by atoms with Crippen LogP contribution in [0.2, 0.25) is 0 Å². The molecule has 2 amide bonds. The van der Waals surface area contributed by atoms with E-state index in [0.29, 0.717) is 6.54 Å². The number of rotatable bonds is 4. The number of urea groups is 1. The van der Waals surface area contributed by atoms with Crippen LogP contribution in [0, 0.1) is 12.8 Å². The van der Waals surface area contributed by atoms with Crippen LogP contribution in [-0.2, 0) is 0 Å². The second-order valence-corrected chi connectivity index (χ2v) is 6.82. The van der Waals surface area contributed by atoms with Crippen molar-refractivity contribution in [3.05, 3.63) is 35.3 Å². The molecule has 1 aliphatic carbocycles. The van der Waals surface area contributed by atoms with Crippen LogP contribution in [-0.4, -0.2) is 28.8 Å². The highest BCUT2D eigenvalue weighted by Gasteiger charge is 2.25. The monoisotopic (exact) mass is 331 g/mol. The Bertz CT molecular complexity index is 669. The molecular weight excluding hydrogens is 310 g/mol. The fraction of sp³-hybridized carbons (Fsp3) is 0.412. The summed E-state index contributed by atoms with van der Waals surface area (Å²) in [4.78, 5) is 16.4. The smallest absolute Gasteiger partial charge is 0.319 e. The van der Waals surface area contributed by atoms with Gasteiger partial charge in [-0.25, -0.2) is 9.78 Å². The summed E-state index contributed by atoms with van der Waals surface area (Å²) in [5.74, 6) is 0.177. The van der Waals surface area contributed by atoms with Gasteiger partial charge in [0.1, 0.15) is 5.01 Å². The van der Waals surface area contributed by atoms with Crippen molar-refractivity contribution in [1.29, 1.82) is 0 Å². The first-order valence-electron chi connectivity index (χ1n) is 7.87. The molecule has 3 rings (SSSR count). The number of anilines is 1. The Kier molecular flexibility index (Phi) is 4.93. The van der Waals surface area contributed by atoms with Crippen LogP contribution in [0.5, 0.6) is 0 Å². The average Bonchev–Trinajstić information content (AvgIpc) is 3.15. The number of aliphatic hydroxyl groups excluding tert-OH is 1. The molecule has 23 heavy (non-hydrogen) atoms. The molecule has 0 bridgehead atoms. The van der Waals surface area contributed by atoms with Crippen LogP contribution in [0.1, 0.15) is 25.0 Å². The van der Waals surface area contributed by atoms with Gasteiger partial charge in [-0.15, -0.1) is 11.3 Å². The summed E-state index contributed by atoms with van der Waals surface area (Å²) < 4.78 is 0. The average molecular weight is 331 g/mol. The molecule has 1 heterocycles. The summed E-state index contributed by atoms with van der Waals surface area (Å²) in [6.07, 6.45) is 2.57. The number of hydrogen-bond donors (Lipinski definition) is 3. The van der Waals surface area contributed by atoms with Gasteiger partial charge in [-0.05, 0) is 44.0 Å². The Morgan fingerprint density at radius 1 is 1.35 bits per heavy atom. The third kappa shape index (κ3) is 4.09. The van der Waals surface area contributed by atoms with E-state index in [1.807, 2.05) is 36.6 Å². The van der Waals surface area contributed by atoms with E-state index >= 15 is 0 Å². The molecule has 5 nitrogen and oxygen atoms in total. The van der Waals surface area contributed by atoms with E-state index in [9.17, 15) is 9.90 Å². The molecule has 122 valence electrons. The highest BCUT2D eigenvalue weighted by molar-refractivity contribution is 7.13. The number of nitrogens with zero attached hydrogens (tertiary/aromatic N) is 1. The summed E-state index contributed by atoms with van der Waals surface area (Å²) >= 11 is 1.61. The van der Waals surface area contributed by atoms with Crippen molar-refractivity contribution >= 4 is 23.1 Å². The first kappa shape index (κ1) is 16.0. The minimum Gasteiger partial charge on any atom is -0.393 e. The second-order valence-electron chi connectivity index (χ2n) is 5.96. The Hall–Kier alpha value is -1.92. The second kappa shape index (κ2) is 7.10. The molecular formula is C17H21N3O2S. The number of aliphatic hydroxyl groups is 1. The van der Waals surface area contributed by atoms with Gasteiger partial charge in [0.2, 0.25) is 0 Å². The van der Waals surface area contributed by atoms with Crippen molar-refractivity contribution in [2.24, 2.45) is 5.92 Å². The lowest BCUT2D eigenvalue weighted by Gasteiger charge is -2.15. The highest BCUT2D eigenvalue weighted by atomic mass is 32.1. The SMILES string of the molecule is Cc1csc(-c2ccc(NC(=O)NC[C@@H]3CCC[C@@H]3O)cc2)n1. The van der Waals surface area contributed by atoms with E-state index in [0.717, 1.165) is 41.2 Å². The van der Waals surface area contributed by atoms with Crippen molar-refractivity contribution in [1.82, 2.24) is 10.3 Å². The number of benzene rings is 1. The minimum atomic E-state index is -0.281. The van der Waals surface area contributed by atoms with Crippen molar-refractivity contribution in [2.45, 2.75) is 32.3 Å². The van der Waals surface area contributed by atoms with E-state index in [4.69, 9.17) is 0 Å². The molecule has 1 fully saturated rings. The summed E-state index contributed by atoms with van der Waals surface area (Å²) in [6.45, 7) is 2.49. The zero-order valence-electron chi connectivity index (χ0n) is 13.1. The summed E-state index contributed by atoms with van der Waals surface area (Å²) in [6, 6.07) is 7.41. The fourth-order valence-electron chi connectivity index (χ4n) is 2.84. The van der Waals surface area contributed by atoms with Crippen molar-refractivity contribution < 1.29 is 9.90 Å². The molecule has 0 unspecified atom stereocenters. The largest absolute Gasteiger partial charge is 0.393 e. The normalized spacial score (nSPS) is 20.4. The molecule has 0 radical (unpaired) electrons. The number of aromatic nitrogens is 1. The molecule has 0 aliphatic heterocycles. The topological polar surface area (TPSA) is 74.2 Å². The first-order chi connectivity index (χ1) is 11.1. The molecule has 0 spiro atoms. The predicted octanol–water partition coefficient (Wildman–Crippen LogP) is 3.40. The number of carbonyl (C=O) groups is 1. The van der Waals surface area contributed by atoms with Gasteiger partial charge in [0.05, 0.1) is 6.10 Å². The molecule has 3 N–H and O–H groups in total. The maximum atomic E-state index is 11.9. The summed E-state index contributed by atoms with van der Waals surface area (Å²) in [5.41, 5.74) is 2.80. The number of carbonyl (C=O) groups excluding carboxylic acids is 1. The molecule has 6 heteroatoms. The quantitative estimate of drug-likeness (QED) is 0.804. The van der Waals surface area contributed by atoms with E-state index in [2.05, 4.69) is 15.6 Å². The standard InChI is InChI=1S/C17H21N3O2S/c1-11-10-23-16(19-11)12-5-7-14(8-6-12)20-17(22)18-9-13-3-2-4-15(13)21/h5-8,10,13,15,21H,2-4,9H2,1H3,(H2,18,20,22)/t13-,15-/m0/s1. The van der Waals surface area contributed by atoms with Crippen LogP contribution in [0.25, 0.3) is 10.6 Å². The van der Waals surface area contributed by atoms with Crippen molar-refractivity contribution in [3.8, 4) is 10.6 Å². The number of thiazole rings is 1. The van der Waals surface area contributed by atoms with E-state index in [1.165, 1.54) is 0 Å². The lowest BCUT2D eigenvalue weighted by molar-refractivity contribution is 0.133. The van der Waals surface area contributed by atoms with Crippen LogP contribution in [0.3, 0.4) is 0 Å². The molecule has 1 aromatic carbocycles. The lowest BCUT2D eigenvalue weighted by atomic mass is 10.1. The van der Waals surface area contributed by atoms with Gasteiger partial charge in [-0.3, -0.25) is 0 Å². The van der Waals surface area contributed by atoms with Gasteiger partial charge in [0.15, 0.2) is 0 Å². The van der Waals surface area contributed by atoms with Crippen molar-refractivity contribution in [2.75, 3.05) is 11.9 Å². The van der Waals surface area contributed by atoms with Crippen LogP contribution < -0.4 is 10.6 Å². The Morgan fingerprint density at radius 2 is 2.13 bits per heavy atom. The van der Waals surface area contributed by atoms with Crippen LogP contribution in [0.15, 0.2) is 29.6 Å². The van der Waals surface area contributed by atoms with Gasteiger partial charge < -0.3 is 15.7 Å². The number of nitrogens with one attached hydrogen (secondary N) is 2. The molecule has 2 atom stereocenters. The van der Waals surface area contributed by atoms with E-state index in [-0.39, 0.29) is 18.1 Å². The maximum absolute atomic E-state index is 11.9. The molecule has 2 aromatic rings. The van der Waals surface area contributed by atoms with E-state index < -0.39 is 0 Å². The number of amides is 2. The summed E-state index contributed by atoms with van der Waals surface area (Å²) in [5, 5.41) is 18.4. The van der Waals surface area contributed by atoms with Gasteiger partial charge in [0.25, 0.3) is 0 Å². The van der Waals surface area contributed by atoms with Gasteiger partial charge in [-0.1, -0.05) is 6.42 Å². The Morgan fingerprint density at radius 3 is 2.74 bits per heavy atom. The first-order valence-corrected chi connectivity index (χ1v) is 8.75. The fourth-order valence-corrected chi connectivity index (χ4v) is 3.64. The van der Waals surface area contributed by atoms with Crippen LogP contribution >= 0.6 is 11.3 Å². The third-order valence-electron chi connectivity index (χ3n) is 4.15. The molecule has 1 saturated carbocycles. The van der Waals surface area contributed by atoms with Crippen LogP contribution in [0.4, 0.5) is 10.5 Å². The zero-order chi connectivity index (χ0) is 16.2. The number of aryl methyl sites for hydroxylation is 1. The predicted molar refractivity (Wildman–Crippen MR) is 92.7 cm³/mol. The lowest BCUT2D eigenvalue weighted by Crippen LogP contribution is -2.35. The summed E-state index contributed by atoms with van der Waals surface area (Å²) in [7, 11) is 0. The maximum Gasteiger partial charge on any atom is 0.319 e. The molecule has 1 aliphatic rings. The Balaban J connectivity index is 1.52.